The fraction of sp³-hybridized carbons (Fsp3) is 0.200. The molecule has 0 saturated carbocycles. The zero-order valence-electron chi connectivity index (χ0n) is 10.7. The molecule has 1 unspecified atom stereocenters. The maximum atomic E-state index is 3.36. The summed E-state index contributed by atoms with van der Waals surface area (Å²) in [6.45, 7) is 4.43. The molecule has 0 aliphatic carbocycles. The van der Waals surface area contributed by atoms with Gasteiger partial charge in [0.15, 0.2) is 0 Å². The summed E-state index contributed by atoms with van der Waals surface area (Å²) in [6, 6.07) is 17.0. The first-order valence-corrected chi connectivity index (χ1v) is 7.43. The molecule has 0 aliphatic heterocycles. The first-order valence-electron chi connectivity index (χ1n) is 6.03. The van der Waals surface area contributed by atoms with Gasteiger partial charge in [0, 0.05) is 10.6 Å². The van der Waals surface area contributed by atoms with Gasteiger partial charge < -0.3 is 4.72 Å². The molecule has 0 fully saturated rings. The monoisotopic (exact) mass is 275 g/mol. The Balaban J connectivity index is 2.01. The molecular formula is C15H18NPS. The fourth-order valence-corrected chi connectivity index (χ4v) is 2.51. The second-order valence-electron chi connectivity index (χ2n) is 4.55. The number of nitrogens with one attached hydrogen (secondary N) is 1. The van der Waals surface area contributed by atoms with Crippen LogP contribution < -0.4 is 10.0 Å². The van der Waals surface area contributed by atoms with Crippen LogP contribution in [-0.2, 0) is 0 Å². The van der Waals surface area contributed by atoms with Crippen molar-refractivity contribution in [3.63, 3.8) is 0 Å². The number of benzene rings is 2. The zero-order chi connectivity index (χ0) is 13.0. The van der Waals surface area contributed by atoms with Gasteiger partial charge in [-0.1, -0.05) is 38.1 Å². The lowest BCUT2D eigenvalue weighted by Gasteiger charge is -2.09. The van der Waals surface area contributed by atoms with E-state index in [4.69, 9.17) is 0 Å². The third-order valence-corrected chi connectivity index (χ3v) is 3.93. The van der Waals surface area contributed by atoms with Gasteiger partial charge in [0.25, 0.3) is 0 Å². The normalized spacial score (nSPS) is 10.7. The van der Waals surface area contributed by atoms with Gasteiger partial charge in [-0.05, 0) is 53.0 Å². The second kappa shape index (κ2) is 6.26. The van der Waals surface area contributed by atoms with Gasteiger partial charge in [-0.2, -0.15) is 0 Å². The molecule has 0 amide bonds. The van der Waals surface area contributed by atoms with Crippen molar-refractivity contribution in [1.29, 1.82) is 0 Å². The van der Waals surface area contributed by atoms with Crippen molar-refractivity contribution in [2.24, 2.45) is 0 Å². The van der Waals surface area contributed by atoms with Gasteiger partial charge in [-0.3, -0.25) is 0 Å². The topological polar surface area (TPSA) is 12.0 Å². The molecule has 0 bridgehead atoms. The molecular weight excluding hydrogens is 257 g/mol. The summed E-state index contributed by atoms with van der Waals surface area (Å²) in [5.41, 5.74) is 2.50. The Labute approximate surface area is 116 Å². The lowest BCUT2D eigenvalue weighted by molar-refractivity contribution is 0.862. The molecule has 2 aromatic rings. The molecule has 94 valence electrons. The van der Waals surface area contributed by atoms with E-state index < -0.39 is 0 Å². The van der Waals surface area contributed by atoms with E-state index in [1.807, 2.05) is 0 Å². The van der Waals surface area contributed by atoms with Crippen molar-refractivity contribution in [2.75, 3.05) is 4.72 Å². The van der Waals surface area contributed by atoms with Crippen LogP contribution in [0.5, 0.6) is 0 Å². The van der Waals surface area contributed by atoms with E-state index in [0.717, 1.165) is 5.69 Å². The van der Waals surface area contributed by atoms with Gasteiger partial charge in [-0.25, -0.2) is 0 Å². The molecule has 0 aromatic heterocycles. The summed E-state index contributed by atoms with van der Waals surface area (Å²) < 4.78 is 3.36. The van der Waals surface area contributed by atoms with E-state index in [9.17, 15) is 0 Å². The minimum atomic E-state index is 0.571. The van der Waals surface area contributed by atoms with E-state index in [1.54, 1.807) is 11.9 Å². The van der Waals surface area contributed by atoms with Crippen LogP contribution in [0.2, 0.25) is 0 Å². The van der Waals surface area contributed by atoms with Crippen molar-refractivity contribution in [3.05, 3.63) is 54.1 Å². The highest BCUT2D eigenvalue weighted by atomic mass is 32.2. The average Bonchev–Trinajstić information content (AvgIpc) is 2.38. The Morgan fingerprint density at radius 3 is 2.44 bits per heavy atom. The van der Waals surface area contributed by atoms with Crippen molar-refractivity contribution >= 4 is 32.2 Å². The van der Waals surface area contributed by atoms with Crippen LogP contribution in [0.1, 0.15) is 25.3 Å². The molecule has 1 nitrogen and oxygen atoms in total. The highest BCUT2D eigenvalue weighted by molar-refractivity contribution is 8.00. The van der Waals surface area contributed by atoms with Crippen LogP contribution in [0.3, 0.4) is 0 Å². The molecule has 1 N–H and O–H groups in total. The van der Waals surface area contributed by atoms with Crippen LogP contribution in [-0.4, -0.2) is 0 Å². The van der Waals surface area contributed by atoms with Crippen LogP contribution in [0.25, 0.3) is 0 Å². The van der Waals surface area contributed by atoms with Gasteiger partial charge >= 0.3 is 0 Å². The third-order valence-electron chi connectivity index (χ3n) is 2.72. The molecule has 18 heavy (non-hydrogen) atoms. The Bertz CT molecular complexity index is 508. The molecule has 0 saturated heterocycles. The van der Waals surface area contributed by atoms with E-state index >= 15 is 0 Å². The Kier molecular flexibility index (Phi) is 4.68. The second-order valence-corrected chi connectivity index (χ2v) is 6.10. The highest BCUT2D eigenvalue weighted by Crippen LogP contribution is 2.24. The number of rotatable bonds is 4. The average molecular weight is 275 g/mol. The molecule has 0 heterocycles. The summed E-state index contributed by atoms with van der Waals surface area (Å²) in [4.78, 5) is 1.25. The first-order chi connectivity index (χ1) is 8.65. The molecule has 0 aliphatic rings. The smallest absolute Gasteiger partial charge is 0.0443 e. The number of hydrogen-bond donors (Lipinski definition) is 1. The maximum Gasteiger partial charge on any atom is 0.0443 e. The largest absolute Gasteiger partial charge is 0.326 e. The van der Waals surface area contributed by atoms with E-state index in [-0.39, 0.29) is 0 Å². The molecule has 0 radical (unpaired) electrons. The van der Waals surface area contributed by atoms with Crippen molar-refractivity contribution in [2.45, 2.75) is 24.7 Å². The molecule has 2 rings (SSSR count). The molecule has 0 spiro atoms. The minimum Gasteiger partial charge on any atom is -0.326 e. The van der Waals surface area contributed by atoms with Crippen molar-refractivity contribution < 1.29 is 0 Å². The summed E-state index contributed by atoms with van der Waals surface area (Å²) in [6.07, 6.45) is 0. The van der Waals surface area contributed by atoms with Crippen molar-refractivity contribution in [1.82, 2.24) is 0 Å². The summed E-state index contributed by atoms with van der Waals surface area (Å²) in [5.74, 6) is 0.571. The number of hydrogen-bond acceptors (Lipinski definition) is 2. The van der Waals surface area contributed by atoms with Crippen molar-refractivity contribution in [3.8, 4) is 0 Å². The predicted molar refractivity (Wildman–Crippen MR) is 85.8 cm³/mol. The summed E-state index contributed by atoms with van der Waals surface area (Å²) in [5, 5.41) is 1.20. The number of anilines is 1. The zero-order valence-corrected chi connectivity index (χ0v) is 12.7. The quantitative estimate of drug-likeness (QED) is 0.654. The van der Waals surface area contributed by atoms with Crippen LogP contribution in [0.4, 0.5) is 5.69 Å². The summed E-state index contributed by atoms with van der Waals surface area (Å²) in [7, 11) is 2.69. The predicted octanol–water partition coefficient (Wildman–Crippen LogP) is 4.43. The molecule has 1 atom stereocenters. The minimum absolute atomic E-state index is 0.571. The van der Waals surface area contributed by atoms with Gasteiger partial charge in [0.2, 0.25) is 0 Å². The third kappa shape index (κ3) is 3.76. The van der Waals surface area contributed by atoms with E-state index in [1.165, 1.54) is 15.8 Å². The van der Waals surface area contributed by atoms with Gasteiger partial charge in [0.05, 0.1) is 0 Å². The fourth-order valence-electron chi connectivity index (χ4n) is 1.61. The SMILES string of the molecule is CC(C)c1cccc(SNc2ccc(P)cc2)c1. The highest BCUT2D eigenvalue weighted by Gasteiger charge is 2.01. The molecule has 3 heteroatoms. The standard InChI is InChI=1S/C15H18NPS/c1-11(2)12-4-3-5-15(10-12)18-16-13-6-8-14(17)9-7-13/h3-11,16H,17H2,1-2H3. The van der Waals surface area contributed by atoms with Crippen LogP contribution in [0, 0.1) is 0 Å². The van der Waals surface area contributed by atoms with Crippen LogP contribution >= 0.6 is 21.2 Å². The molecule has 2 aromatic carbocycles. The van der Waals surface area contributed by atoms with E-state index in [0.29, 0.717) is 5.92 Å². The Morgan fingerprint density at radius 2 is 1.78 bits per heavy atom. The maximum absolute atomic E-state index is 3.36. The lowest BCUT2D eigenvalue weighted by atomic mass is 10.0. The van der Waals surface area contributed by atoms with Gasteiger partial charge in [0.1, 0.15) is 0 Å². The van der Waals surface area contributed by atoms with Crippen LogP contribution in [0.15, 0.2) is 53.4 Å². The lowest BCUT2D eigenvalue weighted by Crippen LogP contribution is -1.92. The Hall–Kier alpha value is -0.980. The summed E-state index contributed by atoms with van der Waals surface area (Å²) >= 11 is 1.65. The Morgan fingerprint density at radius 1 is 1.06 bits per heavy atom. The van der Waals surface area contributed by atoms with Gasteiger partial charge in [-0.15, -0.1) is 9.24 Å². The first kappa shape index (κ1) is 13.5. The van der Waals surface area contributed by atoms with E-state index in [2.05, 4.69) is 76.3 Å².